The highest BCUT2D eigenvalue weighted by atomic mass is 35.5. The SMILES string of the molecule is Cc1ccc(-c2csc(/C(C#N)=C/Nc3ccccc3OC(F)(F)[C@H](F)Cl)n2)cc1. The van der Waals surface area contributed by atoms with Crippen molar-refractivity contribution in [3.63, 3.8) is 0 Å². The Balaban J connectivity index is 1.82. The lowest BCUT2D eigenvalue weighted by Gasteiger charge is -2.19. The largest absolute Gasteiger partial charge is 0.444 e. The number of rotatable bonds is 7. The number of nitrogens with zero attached hydrogens (tertiary/aromatic N) is 2. The van der Waals surface area contributed by atoms with E-state index < -0.39 is 11.7 Å². The highest BCUT2D eigenvalue weighted by molar-refractivity contribution is 7.11. The first-order valence-corrected chi connectivity index (χ1v) is 9.95. The number of hydrogen-bond donors (Lipinski definition) is 1. The molecule has 1 N–H and O–H groups in total. The van der Waals surface area contributed by atoms with Gasteiger partial charge in [-0.3, -0.25) is 0 Å². The van der Waals surface area contributed by atoms with E-state index in [-0.39, 0.29) is 17.0 Å². The second kappa shape index (κ2) is 9.20. The van der Waals surface area contributed by atoms with E-state index in [1.54, 1.807) is 6.07 Å². The Morgan fingerprint density at radius 2 is 1.97 bits per heavy atom. The Morgan fingerprint density at radius 1 is 1.27 bits per heavy atom. The molecule has 0 radical (unpaired) electrons. The van der Waals surface area contributed by atoms with Crippen molar-refractivity contribution < 1.29 is 17.9 Å². The lowest BCUT2D eigenvalue weighted by molar-refractivity contribution is -0.198. The second-order valence-electron chi connectivity index (χ2n) is 6.18. The van der Waals surface area contributed by atoms with E-state index in [0.717, 1.165) is 16.8 Å². The molecule has 3 rings (SSSR count). The maximum atomic E-state index is 13.5. The molecule has 30 heavy (non-hydrogen) atoms. The molecule has 0 saturated carbocycles. The van der Waals surface area contributed by atoms with Crippen LogP contribution in [-0.2, 0) is 0 Å². The molecule has 0 fully saturated rings. The third-order valence-corrected chi connectivity index (χ3v) is 5.09. The molecule has 9 heteroatoms. The third-order valence-electron chi connectivity index (χ3n) is 3.96. The summed E-state index contributed by atoms with van der Waals surface area (Å²) in [6.07, 6.45) is -2.88. The minimum Gasteiger partial charge on any atom is -0.427 e. The van der Waals surface area contributed by atoms with Gasteiger partial charge in [-0.15, -0.1) is 11.3 Å². The zero-order valence-corrected chi connectivity index (χ0v) is 17.1. The van der Waals surface area contributed by atoms with Crippen molar-refractivity contribution in [1.82, 2.24) is 4.98 Å². The molecule has 0 unspecified atom stereocenters. The summed E-state index contributed by atoms with van der Waals surface area (Å²) in [5, 5.41) is 14.5. The van der Waals surface area contributed by atoms with Gasteiger partial charge >= 0.3 is 6.11 Å². The third kappa shape index (κ3) is 5.12. The van der Waals surface area contributed by atoms with E-state index in [4.69, 9.17) is 11.6 Å². The van der Waals surface area contributed by atoms with Crippen LogP contribution < -0.4 is 10.1 Å². The minimum absolute atomic E-state index is 0.109. The monoisotopic (exact) mass is 449 g/mol. The number of benzene rings is 2. The number of hydrogen-bond acceptors (Lipinski definition) is 5. The molecule has 0 aliphatic rings. The number of aryl methyl sites for hydroxylation is 1. The zero-order chi connectivity index (χ0) is 21.7. The van der Waals surface area contributed by atoms with Crippen molar-refractivity contribution in [1.29, 1.82) is 5.26 Å². The normalized spacial score (nSPS) is 12.9. The molecule has 1 atom stereocenters. The number of ether oxygens (including phenoxy) is 1. The van der Waals surface area contributed by atoms with Gasteiger partial charge < -0.3 is 10.1 Å². The Bertz CT molecular complexity index is 1090. The van der Waals surface area contributed by atoms with Gasteiger partial charge in [-0.1, -0.05) is 53.6 Å². The van der Waals surface area contributed by atoms with E-state index in [1.165, 1.54) is 35.7 Å². The van der Waals surface area contributed by atoms with Crippen molar-refractivity contribution in [2.45, 2.75) is 18.7 Å². The maximum absolute atomic E-state index is 13.5. The van der Waals surface area contributed by atoms with Crippen molar-refractivity contribution in [3.05, 3.63) is 70.7 Å². The molecular formula is C21H15ClF3N3OS. The Morgan fingerprint density at radius 3 is 2.63 bits per heavy atom. The van der Waals surface area contributed by atoms with Crippen LogP contribution in [0, 0.1) is 18.3 Å². The number of thiazole rings is 1. The van der Waals surface area contributed by atoms with Gasteiger partial charge in [-0.05, 0) is 19.1 Å². The molecule has 0 bridgehead atoms. The number of aromatic nitrogens is 1. The van der Waals surface area contributed by atoms with Crippen LogP contribution in [0.3, 0.4) is 0 Å². The summed E-state index contributed by atoms with van der Waals surface area (Å²) in [4.78, 5) is 4.47. The van der Waals surface area contributed by atoms with Gasteiger partial charge in [0.1, 0.15) is 22.4 Å². The highest BCUT2D eigenvalue weighted by Crippen LogP contribution is 2.34. The molecule has 154 valence electrons. The summed E-state index contributed by atoms with van der Waals surface area (Å²) in [7, 11) is 0. The van der Waals surface area contributed by atoms with Crippen molar-refractivity contribution in [2.24, 2.45) is 0 Å². The summed E-state index contributed by atoms with van der Waals surface area (Å²) in [6, 6.07) is 15.5. The molecule has 2 aromatic carbocycles. The fourth-order valence-electron chi connectivity index (χ4n) is 2.41. The van der Waals surface area contributed by atoms with Gasteiger partial charge in [0.15, 0.2) is 0 Å². The molecule has 1 aromatic heterocycles. The van der Waals surface area contributed by atoms with Crippen LogP contribution in [0.25, 0.3) is 16.8 Å². The number of nitriles is 1. The summed E-state index contributed by atoms with van der Waals surface area (Å²) in [6.45, 7) is 1.98. The number of nitrogens with one attached hydrogen (secondary N) is 1. The average molecular weight is 450 g/mol. The summed E-state index contributed by atoms with van der Waals surface area (Å²) >= 11 is 6.11. The topological polar surface area (TPSA) is 57.9 Å². The number of halogens is 4. The van der Waals surface area contributed by atoms with Crippen LogP contribution in [0.1, 0.15) is 10.6 Å². The van der Waals surface area contributed by atoms with E-state index in [0.29, 0.717) is 5.01 Å². The first-order chi connectivity index (χ1) is 14.3. The van der Waals surface area contributed by atoms with Gasteiger partial charge in [-0.2, -0.15) is 14.0 Å². The molecule has 3 aromatic rings. The number of para-hydroxylation sites is 2. The maximum Gasteiger partial charge on any atom is 0.444 e. The van der Waals surface area contributed by atoms with Gasteiger partial charge in [0.05, 0.1) is 11.4 Å². The summed E-state index contributed by atoms with van der Waals surface area (Å²) in [5.74, 6) is -0.321. The molecule has 0 saturated heterocycles. The molecule has 1 heterocycles. The first-order valence-electron chi connectivity index (χ1n) is 8.64. The van der Waals surface area contributed by atoms with Gasteiger partial charge in [0, 0.05) is 17.1 Å². The van der Waals surface area contributed by atoms with E-state index in [2.05, 4.69) is 15.0 Å². The average Bonchev–Trinajstić information content (AvgIpc) is 3.20. The lowest BCUT2D eigenvalue weighted by Crippen LogP contribution is -2.33. The molecular weight excluding hydrogens is 435 g/mol. The molecule has 0 aliphatic carbocycles. The van der Waals surface area contributed by atoms with Gasteiger partial charge in [0.2, 0.25) is 0 Å². The first kappa shape index (κ1) is 21.7. The van der Waals surface area contributed by atoms with Crippen molar-refractivity contribution >= 4 is 34.2 Å². The number of alkyl halides is 4. The Labute approximate surface area is 180 Å². The number of anilines is 1. The lowest BCUT2D eigenvalue weighted by atomic mass is 10.1. The predicted molar refractivity (Wildman–Crippen MR) is 112 cm³/mol. The van der Waals surface area contributed by atoms with E-state index in [1.807, 2.05) is 42.6 Å². The van der Waals surface area contributed by atoms with Crippen LogP contribution in [0.5, 0.6) is 5.75 Å². The zero-order valence-electron chi connectivity index (χ0n) is 15.6. The van der Waals surface area contributed by atoms with Crippen LogP contribution in [0.2, 0.25) is 0 Å². The predicted octanol–water partition coefficient (Wildman–Crippen LogP) is 6.60. The van der Waals surface area contributed by atoms with Crippen LogP contribution in [0.4, 0.5) is 18.9 Å². The smallest absolute Gasteiger partial charge is 0.427 e. The van der Waals surface area contributed by atoms with Gasteiger partial charge in [0.25, 0.3) is 5.63 Å². The van der Waals surface area contributed by atoms with Crippen molar-refractivity contribution in [3.8, 4) is 23.1 Å². The summed E-state index contributed by atoms with van der Waals surface area (Å²) in [5.41, 5.74) is 0.0481. The molecule has 4 nitrogen and oxygen atoms in total. The van der Waals surface area contributed by atoms with Crippen molar-refractivity contribution in [2.75, 3.05) is 5.32 Å². The van der Waals surface area contributed by atoms with E-state index in [9.17, 15) is 18.4 Å². The van der Waals surface area contributed by atoms with Gasteiger partial charge in [-0.25, -0.2) is 9.37 Å². The standard InChI is InChI=1S/C21H15ClF3N3OS/c1-13-6-8-14(9-7-13)17-12-30-19(28-17)15(10-26)11-27-16-4-2-3-5-18(16)29-21(24,25)20(22)23/h2-9,11-12,20,27H,1H3/b15-11+/t20-/m0/s1. The molecule has 0 amide bonds. The van der Waals surface area contributed by atoms with E-state index >= 15 is 0 Å². The minimum atomic E-state index is -4.21. The summed E-state index contributed by atoms with van der Waals surface area (Å²) < 4.78 is 44.3. The fourth-order valence-corrected chi connectivity index (χ4v) is 3.25. The fraction of sp³-hybridized carbons (Fsp3) is 0.143. The number of allylic oxidation sites excluding steroid dienone is 1. The Kier molecular flexibility index (Phi) is 6.65. The van der Waals surface area contributed by atoms with Crippen LogP contribution >= 0.6 is 22.9 Å². The highest BCUT2D eigenvalue weighted by Gasteiger charge is 2.42. The van der Waals surface area contributed by atoms with Crippen LogP contribution in [0.15, 0.2) is 60.1 Å². The Hall–Kier alpha value is -3.02. The molecule has 0 spiro atoms. The molecule has 0 aliphatic heterocycles. The second-order valence-corrected chi connectivity index (χ2v) is 7.42. The van der Waals surface area contributed by atoms with Crippen LogP contribution in [-0.4, -0.2) is 16.7 Å². The quantitative estimate of drug-likeness (QED) is 0.326.